The van der Waals surface area contributed by atoms with Gasteiger partial charge in [0, 0.05) is 17.9 Å². The van der Waals surface area contributed by atoms with E-state index in [2.05, 4.69) is 58.7 Å². The van der Waals surface area contributed by atoms with E-state index in [1.807, 2.05) is 6.07 Å². The predicted molar refractivity (Wildman–Crippen MR) is 90.2 cm³/mol. The Morgan fingerprint density at radius 3 is 2.14 bits per heavy atom. The number of nitrogens with one attached hydrogen (secondary N) is 1. The molecule has 1 N–H and O–H groups in total. The number of piperidine rings is 1. The van der Waals surface area contributed by atoms with Gasteiger partial charge in [-0.05, 0) is 62.2 Å². The Bertz CT molecular complexity index is 527. The lowest BCUT2D eigenvalue weighted by Crippen LogP contribution is -2.31. The van der Waals surface area contributed by atoms with Gasteiger partial charge < -0.3 is 10.2 Å². The first-order chi connectivity index (χ1) is 10.4. The molecule has 3 rings (SSSR count). The minimum atomic E-state index is 1.14. The van der Waals surface area contributed by atoms with Crippen molar-refractivity contribution in [3.63, 3.8) is 0 Å². The van der Waals surface area contributed by atoms with Crippen molar-refractivity contribution in [1.82, 2.24) is 4.90 Å². The summed E-state index contributed by atoms with van der Waals surface area (Å²) in [4.78, 5) is 2.60. The molecular weight excluding hydrogens is 256 g/mol. The van der Waals surface area contributed by atoms with Gasteiger partial charge in [-0.3, -0.25) is 0 Å². The zero-order chi connectivity index (χ0) is 14.3. The molecule has 1 heterocycles. The quantitative estimate of drug-likeness (QED) is 0.870. The van der Waals surface area contributed by atoms with Crippen LogP contribution in [0.4, 0.5) is 11.4 Å². The van der Waals surface area contributed by atoms with Crippen molar-refractivity contribution < 1.29 is 0 Å². The Hall–Kier alpha value is -1.80. The van der Waals surface area contributed by atoms with Crippen molar-refractivity contribution in [2.75, 3.05) is 25.0 Å². The topological polar surface area (TPSA) is 15.3 Å². The summed E-state index contributed by atoms with van der Waals surface area (Å²) >= 11 is 0. The van der Waals surface area contributed by atoms with Crippen LogP contribution in [-0.2, 0) is 6.42 Å². The van der Waals surface area contributed by atoms with Gasteiger partial charge in [-0.2, -0.15) is 0 Å². The molecule has 2 nitrogen and oxygen atoms in total. The van der Waals surface area contributed by atoms with Crippen LogP contribution in [0.25, 0.3) is 0 Å². The first-order valence-corrected chi connectivity index (χ1v) is 8.03. The Morgan fingerprint density at radius 1 is 0.762 bits per heavy atom. The lowest BCUT2D eigenvalue weighted by atomic mass is 10.1. The minimum absolute atomic E-state index is 1.14. The molecule has 0 radical (unpaired) electrons. The maximum Gasteiger partial charge on any atom is 0.0384 e. The number of likely N-dealkylation sites (tertiary alicyclic amines) is 1. The van der Waals surface area contributed by atoms with E-state index in [9.17, 15) is 0 Å². The molecule has 1 aliphatic heterocycles. The highest BCUT2D eigenvalue weighted by Gasteiger charge is 2.09. The highest BCUT2D eigenvalue weighted by atomic mass is 15.1. The fraction of sp³-hybridized carbons (Fsp3) is 0.368. The number of rotatable bonds is 5. The number of anilines is 2. The van der Waals surface area contributed by atoms with Gasteiger partial charge >= 0.3 is 0 Å². The molecule has 21 heavy (non-hydrogen) atoms. The molecule has 0 amide bonds. The second-order valence-corrected chi connectivity index (χ2v) is 5.84. The molecule has 1 fully saturated rings. The van der Waals surface area contributed by atoms with Crippen LogP contribution in [0.3, 0.4) is 0 Å². The van der Waals surface area contributed by atoms with Crippen molar-refractivity contribution in [3.8, 4) is 0 Å². The number of hydrogen-bond acceptors (Lipinski definition) is 2. The summed E-state index contributed by atoms with van der Waals surface area (Å²) in [7, 11) is 0. The molecule has 0 aliphatic carbocycles. The molecule has 1 saturated heterocycles. The molecule has 0 saturated carbocycles. The molecule has 2 aromatic carbocycles. The van der Waals surface area contributed by atoms with Crippen molar-refractivity contribution in [2.45, 2.75) is 25.7 Å². The number of para-hydroxylation sites is 1. The molecule has 2 heteroatoms. The summed E-state index contributed by atoms with van der Waals surface area (Å²) < 4.78 is 0. The van der Waals surface area contributed by atoms with Crippen LogP contribution >= 0.6 is 0 Å². The van der Waals surface area contributed by atoms with Gasteiger partial charge in [0.05, 0.1) is 0 Å². The highest BCUT2D eigenvalue weighted by Crippen LogP contribution is 2.17. The van der Waals surface area contributed by atoms with Gasteiger partial charge in [-0.25, -0.2) is 0 Å². The van der Waals surface area contributed by atoms with E-state index in [1.54, 1.807) is 0 Å². The third kappa shape index (κ3) is 4.33. The molecule has 0 unspecified atom stereocenters. The molecule has 0 bridgehead atoms. The summed E-state index contributed by atoms with van der Waals surface area (Å²) in [6.07, 6.45) is 5.32. The van der Waals surface area contributed by atoms with Crippen LogP contribution in [0.5, 0.6) is 0 Å². The van der Waals surface area contributed by atoms with E-state index < -0.39 is 0 Å². The second-order valence-electron chi connectivity index (χ2n) is 5.84. The van der Waals surface area contributed by atoms with Crippen molar-refractivity contribution in [3.05, 3.63) is 60.2 Å². The van der Waals surface area contributed by atoms with Crippen LogP contribution in [-0.4, -0.2) is 24.5 Å². The van der Waals surface area contributed by atoms with Crippen LogP contribution in [0.1, 0.15) is 24.8 Å². The van der Waals surface area contributed by atoms with E-state index in [-0.39, 0.29) is 0 Å². The van der Waals surface area contributed by atoms with E-state index in [0.29, 0.717) is 0 Å². The Morgan fingerprint density at radius 2 is 1.43 bits per heavy atom. The third-order valence-electron chi connectivity index (χ3n) is 4.18. The zero-order valence-electron chi connectivity index (χ0n) is 12.6. The van der Waals surface area contributed by atoms with E-state index in [0.717, 1.165) is 17.8 Å². The molecule has 0 spiro atoms. The average molecular weight is 280 g/mol. The largest absolute Gasteiger partial charge is 0.356 e. The fourth-order valence-electron chi connectivity index (χ4n) is 2.91. The molecular formula is C19H24N2. The maximum atomic E-state index is 3.43. The van der Waals surface area contributed by atoms with Gasteiger partial charge in [0.25, 0.3) is 0 Å². The average Bonchev–Trinajstić information content (AvgIpc) is 2.56. The lowest BCUT2D eigenvalue weighted by molar-refractivity contribution is 0.231. The van der Waals surface area contributed by atoms with Crippen LogP contribution in [0, 0.1) is 0 Å². The van der Waals surface area contributed by atoms with Crippen molar-refractivity contribution in [2.24, 2.45) is 0 Å². The summed E-state index contributed by atoms with van der Waals surface area (Å²) in [6, 6.07) is 19.2. The number of nitrogens with zero attached hydrogens (tertiary/aromatic N) is 1. The van der Waals surface area contributed by atoms with Gasteiger partial charge in [0.15, 0.2) is 0 Å². The van der Waals surface area contributed by atoms with Crippen molar-refractivity contribution in [1.29, 1.82) is 0 Å². The third-order valence-corrected chi connectivity index (χ3v) is 4.18. The van der Waals surface area contributed by atoms with Gasteiger partial charge in [0.1, 0.15) is 0 Å². The lowest BCUT2D eigenvalue weighted by Gasteiger charge is -2.26. The Balaban J connectivity index is 1.51. The smallest absolute Gasteiger partial charge is 0.0384 e. The van der Waals surface area contributed by atoms with Gasteiger partial charge in [-0.1, -0.05) is 36.8 Å². The fourth-order valence-corrected chi connectivity index (χ4v) is 2.91. The van der Waals surface area contributed by atoms with Crippen molar-refractivity contribution >= 4 is 11.4 Å². The summed E-state index contributed by atoms with van der Waals surface area (Å²) in [6.45, 7) is 3.77. The second kappa shape index (κ2) is 7.28. The summed E-state index contributed by atoms with van der Waals surface area (Å²) in [5, 5.41) is 3.43. The summed E-state index contributed by atoms with van der Waals surface area (Å²) in [5.74, 6) is 0. The standard InChI is InChI=1S/C19H24N2/c1-3-7-18(8-4-1)20-19-11-9-17(10-12-19)13-16-21-14-5-2-6-15-21/h1,3-4,7-12,20H,2,5-6,13-16H2. The number of benzene rings is 2. The Labute approximate surface area is 127 Å². The normalized spacial score (nSPS) is 15.8. The summed E-state index contributed by atoms with van der Waals surface area (Å²) in [5.41, 5.74) is 3.72. The van der Waals surface area contributed by atoms with E-state index in [4.69, 9.17) is 0 Å². The van der Waals surface area contributed by atoms with Gasteiger partial charge in [0.2, 0.25) is 0 Å². The van der Waals surface area contributed by atoms with Gasteiger partial charge in [-0.15, -0.1) is 0 Å². The molecule has 110 valence electrons. The molecule has 2 aromatic rings. The highest BCUT2D eigenvalue weighted by molar-refractivity contribution is 5.59. The predicted octanol–water partition coefficient (Wildman–Crippen LogP) is 4.46. The first-order valence-electron chi connectivity index (χ1n) is 8.03. The SMILES string of the molecule is c1ccc(Nc2ccc(CCN3CCCCC3)cc2)cc1. The Kier molecular flexibility index (Phi) is 4.90. The zero-order valence-corrected chi connectivity index (χ0v) is 12.6. The van der Waals surface area contributed by atoms with E-state index in [1.165, 1.54) is 44.5 Å². The maximum absolute atomic E-state index is 3.43. The van der Waals surface area contributed by atoms with Crippen LogP contribution in [0.15, 0.2) is 54.6 Å². The van der Waals surface area contributed by atoms with Crippen LogP contribution < -0.4 is 5.32 Å². The molecule has 0 aromatic heterocycles. The first kappa shape index (κ1) is 14.2. The minimum Gasteiger partial charge on any atom is -0.356 e. The van der Waals surface area contributed by atoms with E-state index >= 15 is 0 Å². The molecule has 1 aliphatic rings. The number of hydrogen-bond donors (Lipinski definition) is 1. The molecule has 0 atom stereocenters. The monoisotopic (exact) mass is 280 g/mol. The van der Waals surface area contributed by atoms with Crippen LogP contribution in [0.2, 0.25) is 0 Å².